The molecule has 176 valence electrons. The Hall–Kier alpha value is -3.63. The van der Waals surface area contributed by atoms with E-state index in [1.54, 1.807) is 54.7 Å². The molecule has 11 heteroatoms. The van der Waals surface area contributed by atoms with Crippen LogP contribution in [0.3, 0.4) is 0 Å². The highest BCUT2D eigenvalue weighted by Gasteiger charge is 2.41. The van der Waals surface area contributed by atoms with Crippen LogP contribution in [-0.4, -0.2) is 53.6 Å². The van der Waals surface area contributed by atoms with Crippen molar-refractivity contribution >= 4 is 46.5 Å². The number of amides is 3. The van der Waals surface area contributed by atoms with Crippen LogP contribution in [-0.2, 0) is 9.53 Å². The highest BCUT2D eigenvalue weighted by Crippen LogP contribution is 2.24. The van der Waals surface area contributed by atoms with E-state index in [0.29, 0.717) is 20.6 Å². The van der Waals surface area contributed by atoms with Gasteiger partial charge in [-0.05, 0) is 42.5 Å². The van der Waals surface area contributed by atoms with Crippen molar-refractivity contribution in [2.45, 2.75) is 6.04 Å². The first-order chi connectivity index (χ1) is 16.4. The first kappa shape index (κ1) is 23.5. The van der Waals surface area contributed by atoms with Crippen molar-refractivity contribution in [3.8, 4) is 5.69 Å². The van der Waals surface area contributed by atoms with E-state index in [1.165, 1.54) is 22.6 Å². The van der Waals surface area contributed by atoms with E-state index >= 15 is 0 Å². The number of halogens is 1. The molecule has 1 aliphatic rings. The van der Waals surface area contributed by atoms with Gasteiger partial charge in [0.15, 0.2) is 0 Å². The number of hydrogen-bond acceptors (Lipinski definition) is 6. The van der Waals surface area contributed by atoms with Crippen molar-refractivity contribution in [1.29, 1.82) is 0 Å². The molecule has 2 N–H and O–H groups in total. The van der Waals surface area contributed by atoms with Gasteiger partial charge in [-0.1, -0.05) is 17.7 Å². The minimum Gasteiger partial charge on any atom is -0.453 e. The summed E-state index contributed by atoms with van der Waals surface area (Å²) in [5.41, 5.74) is 1.00. The van der Waals surface area contributed by atoms with E-state index in [2.05, 4.69) is 10.6 Å². The van der Waals surface area contributed by atoms with Crippen molar-refractivity contribution < 1.29 is 19.1 Å². The largest absolute Gasteiger partial charge is 0.453 e. The molecule has 1 fully saturated rings. The third kappa shape index (κ3) is 5.13. The van der Waals surface area contributed by atoms with Crippen LogP contribution < -0.4 is 16.2 Å². The van der Waals surface area contributed by atoms with Gasteiger partial charge in [0.25, 0.3) is 11.5 Å². The van der Waals surface area contributed by atoms with Crippen LogP contribution >= 0.6 is 22.9 Å². The lowest BCUT2D eigenvalue weighted by Gasteiger charge is -2.19. The highest BCUT2D eigenvalue weighted by molar-refractivity contribution is 7.18. The number of thiophene rings is 1. The second-order valence-electron chi connectivity index (χ2n) is 7.61. The van der Waals surface area contributed by atoms with Gasteiger partial charge in [0, 0.05) is 36.7 Å². The zero-order chi connectivity index (χ0) is 24.2. The number of carbonyl (C=O) groups is 3. The van der Waals surface area contributed by atoms with Gasteiger partial charge in [-0.3, -0.25) is 19.0 Å². The van der Waals surface area contributed by atoms with Crippen molar-refractivity contribution in [2.75, 3.05) is 25.5 Å². The number of hydrogen-bond donors (Lipinski definition) is 2. The van der Waals surface area contributed by atoms with Crippen molar-refractivity contribution in [2.24, 2.45) is 5.92 Å². The third-order valence-corrected chi connectivity index (χ3v) is 6.67. The molecule has 0 saturated carbocycles. The maximum atomic E-state index is 13.1. The number of rotatable bonds is 5. The summed E-state index contributed by atoms with van der Waals surface area (Å²) in [6.07, 6.45) is 1.08. The maximum Gasteiger partial charge on any atom is 0.409 e. The first-order valence-electron chi connectivity index (χ1n) is 10.3. The Morgan fingerprint density at radius 2 is 1.82 bits per heavy atom. The van der Waals surface area contributed by atoms with E-state index in [4.69, 9.17) is 16.3 Å². The molecule has 1 saturated heterocycles. The van der Waals surface area contributed by atoms with Crippen LogP contribution in [0.2, 0.25) is 4.34 Å². The van der Waals surface area contributed by atoms with E-state index in [1.807, 2.05) is 0 Å². The number of aromatic nitrogens is 1. The fourth-order valence-electron chi connectivity index (χ4n) is 3.75. The van der Waals surface area contributed by atoms with E-state index in [9.17, 15) is 19.2 Å². The molecule has 34 heavy (non-hydrogen) atoms. The average Bonchev–Trinajstić information content (AvgIpc) is 3.46. The Bertz CT molecular complexity index is 1270. The van der Waals surface area contributed by atoms with Crippen LogP contribution in [0, 0.1) is 5.92 Å². The smallest absolute Gasteiger partial charge is 0.409 e. The maximum absolute atomic E-state index is 13.1. The molecule has 3 amide bonds. The van der Waals surface area contributed by atoms with Crippen LogP contribution in [0.5, 0.6) is 0 Å². The number of ether oxygens (including phenoxy) is 1. The number of likely N-dealkylation sites (tertiary alicyclic amines) is 1. The number of carbonyl (C=O) groups excluding carboxylic acids is 3. The van der Waals surface area contributed by atoms with Crippen molar-refractivity contribution in [3.05, 3.63) is 80.4 Å². The van der Waals surface area contributed by atoms with Gasteiger partial charge in [0.2, 0.25) is 5.91 Å². The second-order valence-corrected chi connectivity index (χ2v) is 9.33. The molecule has 2 atom stereocenters. The van der Waals surface area contributed by atoms with Gasteiger partial charge < -0.3 is 20.3 Å². The third-order valence-electron chi connectivity index (χ3n) is 5.44. The Labute approximate surface area is 203 Å². The van der Waals surface area contributed by atoms with E-state index in [0.717, 1.165) is 11.3 Å². The predicted octanol–water partition coefficient (Wildman–Crippen LogP) is 2.99. The highest BCUT2D eigenvalue weighted by atomic mass is 35.5. The molecule has 3 heterocycles. The van der Waals surface area contributed by atoms with Crippen LogP contribution in [0.25, 0.3) is 5.69 Å². The quantitative estimate of drug-likeness (QED) is 0.559. The Balaban J connectivity index is 1.48. The minimum absolute atomic E-state index is 0.0894. The fourth-order valence-corrected chi connectivity index (χ4v) is 4.70. The van der Waals surface area contributed by atoms with Crippen molar-refractivity contribution in [3.63, 3.8) is 0 Å². The lowest BCUT2D eigenvalue weighted by Crippen LogP contribution is -2.44. The summed E-state index contributed by atoms with van der Waals surface area (Å²) in [5, 5.41) is 5.66. The summed E-state index contributed by atoms with van der Waals surface area (Å²) in [4.78, 5) is 51.6. The number of nitrogens with zero attached hydrogens (tertiary/aromatic N) is 2. The number of benzene rings is 1. The minimum atomic E-state index is -0.699. The summed E-state index contributed by atoms with van der Waals surface area (Å²) in [6.45, 7) is 0.220. The molecular formula is C23H21ClN4O5S. The average molecular weight is 501 g/mol. The Kier molecular flexibility index (Phi) is 6.99. The standard InChI is InChI=1S/C23H21ClN4O5S/c1-33-23(32)27-12-16(17(13-27)26-22(31)18-9-10-19(24)34-18)21(30)25-14-5-7-15(8-6-14)28-11-3-2-4-20(28)29/h2-11,16-17H,12-13H2,1H3,(H,25,30)(H,26,31)/t16-,17-/m0/s1. The molecule has 9 nitrogen and oxygen atoms in total. The van der Waals surface area contributed by atoms with Crippen molar-refractivity contribution in [1.82, 2.24) is 14.8 Å². The Morgan fingerprint density at radius 1 is 1.06 bits per heavy atom. The molecule has 0 spiro atoms. The van der Waals surface area contributed by atoms with Gasteiger partial charge in [0.1, 0.15) is 0 Å². The summed E-state index contributed by atoms with van der Waals surface area (Å²) in [7, 11) is 1.26. The molecule has 0 bridgehead atoms. The van der Waals surface area contributed by atoms with Crippen LogP contribution in [0.1, 0.15) is 9.67 Å². The molecule has 1 aliphatic heterocycles. The SMILES string of the molecule is COC(=O)N1C[C@H](NC(=O)c2ccc(Cl)s2)[C@@H](C(=O)Nc2ccc(-n3ccccc3=O)cc2)C1. The van der Waals surface area contributed by atoms with Crippen LogP contribution in [0.4, 0.5) is 10.5 Å². The predicted molar refractivity (Wildman–Crippen MR) is 129 cm³/mol. The topological polar surface area (TPSA) is 110 Å². The summed E-state index contributed by atoms with van der Waals surface area (Å²) in [5.74, 6) is -1.43. The summed E-state index contributed by atoms with van der Waals surface area (Å²) >= 11 is 7.05. The molecule has 1 aromatic carbocycles. The first-order valence-corrected chi connectivity index (χ1v) is 11.5. The van der Waals surface area contributed by atoms with E-state index < -0.39 is 18.1 Å². The summed E-state index contributed by atoms with van der Waals surface area (Å²) < 4.78 is 6.75. The summed E-state index contributed by atoms with van der Waals surface area (Å²) in [6, 6.07) is 14.3. The molecule has 0 aliphatic carbocycles. The van der Waals surface area contributed by atoms with Gasteiger partial charge in [-0.25, -0.2) is 4.79 Å². The fraction of sp³-hybridized carbons (Fsp3) is 0.217. The molecule has 0 unspecified atom stereocenters. The van der Waals surface area contributed by atoms with Gasteiger partial charge >= 0.3 is 6.09 Å². The van der Waals surface area contributed by atoms with Gasteiger partial charge in [-0.2, -0.15) is 0 Å². The zero-order valence-electron chi connectivity index (χ0n) is 18.1. The number of pyridine rings is 1. The lowest BCUT2D eigenvalue weighted by atomic mass is 10.0. The van der Waals surface area contributed by atoms with E-state index in [-0.39, 0.29) is 30.5 Å². The number of nitrogens with one attached hydrogen (secondary N) is 2. The molecule has 0 radical (unpaired) electrons. The molecule has 4 rings (SSSR count). The second kappa shape index (κ2) is 10.1. The van der Waals surface area contributed by atoms with Gasteiger partial charge in [-0.15, -0.1) is 11.3 Å². The normalized spacial score (nSPS) is 17.3. The molecule has 3 aromatic rings. The van der Waals surface area contributed by atoms with Gasteiger partial charge in [0.05, 0.1) is 28.3 Å². The number of anilines is 1. The van der Waals surface area contributed by atoms with Crippen LogP contribution in [0.15, 0.2) is 65.6 Å². The monoisotopic (exact) mass is 500 g/mol. The molecular weight excluding hydrogens is 480 g/mol. The zero-order valence-corrected chi connectivity index (χ0v) is 19.6. The number of methoxy groups -OCH3 is 1. The molecule has 2 aromatic heterocycles. The lowest BCUT2D eigenvalue weighted by molar-refractivity contribution is -0.119. The Morgan fingerprint density at radius 3 is 2.47 bits per heavy atom.